The summed E-state index contributed by atoms with van der Waals surface area (Å²) in [6.07, 6.45) is 3.61. The second-order valence-corrected chi connectivity index (χ2v) is 10.3. The summed E-state index contributed by atoms with van der Waals surface area (Å²) in [4.78, 5) is 5.69. The molecule has 0 saturated heterocycles. The summed E-state index contributed by atoms with van der Waals surface area (Å²) in [5.41, 5.74) is 2.74. The van der Waals surface area contributed by atoms with E-state index in [-0.39, 0.29) is 4.90 Å². The summed E-state index contributed by atoms with van der Waals surface area (Å²) in [5, 5.41) is 0.416. The van der Waals surface area contributed by atoms with Gasteiger partial charge >= 0.3 is 0 Å². The molecule has 0 radical (unpaired) electrons. The molecule has 0 spiro atoms. The number of sulfonamides is 1. The Morgan fingerprint density at radius 1 is 0.967 bits per heavy atom. The van der Waals surface area contributed by atoms with Crippen molar-refractivity contribution in [2.75, 3.05) is 10.6 Å². The van der Waals surface area contributed by atoms with Crippen molar-refractivity contribution in [3.05, 3.63) is 96.2 Å². The van der Waals surface area contributed by atoms with Gasteiger partial charge in [-0.05, 0) is 43.0 Å². The van der Waals surface area contributed by atoms with Gasteiger partial charge < -0.3 is 0 Å². The Bertz CT molecular complexity index is 1260. The molecule has 0 atom stereocenters. The maximum atomic E-state index is 13.6. The van der Waals surface area contributed by atoms with Crippen LogP contribution < -0.4 is 4.31 Å². The van der Waals surface area contributed by atoms with Crippen LogP contribution in [-0.2, 0) is 10.0 Å². The van der Waals surface area contributed by atoms with E-state index in [1.165, 1.54) is 27.4 Å². The third-order valence-electron chi connectivity index (χ3n) is 4.56. The number of hydrogen-bond donors (Lipinski definition) is 0. The lowest BCUT2D eigenvalue weighted by molar-refractivity contribution is 0.596. The highest BCUT2D eigenvalue weighted by Gasteiger charge is 2.27. The number of aryl methyl sites for hydroxylation is 1. The van der Waals surface area contributed by atoms with Crippen LogP contribution in [0.3, 0.4) is 0 Å². The Morgan fingerprint density at radius 2 is 1.63 bits per heavy atom. The van der Waals surface area contributed by atoms with Gasteiger partial charge in [0.1, 0.15) is 0 Å². The fourth-order valence-corrected chi connectivity index (χ4v) is 6.06. The van der Waals surface area contributed by atoms with Crippen molar-refractivity contribution < 1.29 is 8.42 Å². The monoisotopic (exact) mass is 452 g/mol. The van der Waals surface area contributed by atoms with E-state index >= 15 is 0 Å². The predicted molar refractivity (Wildman–Crippen MR) is 128 cm³/mol. The van der Waals surface area contributed by atoms with Crippen LogP contribution in [0.15, 0.2) is 90.0 Å². The van der Waals surface area contributed by atoms with Gasteiger partial charge in [-0.1, -0.05) is 71.5 Å². The van der Waals surface area contributed by atoms with E-state index in [1.807, 2.05) is 67.8 Å². The maximum Gasteiger partial charge on any atom is 0.270 e. The molecule has 1 aromatic heterocycles. The molecule has 4 aromatic rings. The van der Waals surface area contributed by atoms with Crippen LogP contribution in [-0.4, -0.2) is 19.7 Å². The van der Waals surface area contributed by atoms with Gasteiger partial charge in [0, 0.05) is 11.1 Å². The van der Waals surface area contributed by atoms with Crippen molar-refractivity contribution in [1.82, 2.24) is 4.98 Å². The first-order valence-electron chi connectivity index (χ1n) is 9.27. The molecule has 0 aliphatic heterocycles. The SMILES string of the molecule is CS/C(=C\N(c1nc2ccccc2s1)S(=O)(=O)c1ccc(C)cc1)c1ccccc1. The molecule has 7 heteroatoms. The zero-order valence-electron chi connectivity index (χ0n) is 16.5. The number of fused-ring (bicyclic) bond motifs is 1. The van der Waals surface area contributed by atoms with Gasteiger partial charge in [-0.2, -0.15) is 0 Å². The second-order valence-electron chi connectivity index (χ2n) is 6.64. The lowest BCUT2D eigenvalue weighted by Crippen LogP contribution is -2.26. The molecule has 0 unspecified atom stereocenters. The largest absolute Gasteiger partial charge is 0.270 e. The van der Waals surface area contributed by atoms with Gasteiger partial charge in [-0.15, -0.1) is 11.8 Å². The summed E-state index contributed by atoms with van der Waals surface area (Å²) in [6.45, 7) is 1.93. The van der Waals surface area contributed by atoms with Gasteiger partial charge in [0.25, 0.3) is 10.0 Å². The zero-order chi connectivity index (χ0) is 21.1. The standard InChI is InChI=1S/C23H20N2O2S3/c1-17-12-14-19(15-13-17)30(26,27)25(16-22(28-2)18-8-4-3-5-9-18)23-24-20-10-6-7-11-21(20)29-23/h3-16H,1-2H3/b22-16-. The van der Waals surface area contributed by atoms with Crippen LogP contribution in [0.4, 0.5) is 5.13 Å². The summed E-state index contributed by atoms with van der Waals surface area (Å²) in [6, 6.07) is 24.3. The highest BCUT2D eigenvalue weighted by molar-refractivity contribution is 8.07. The summed E-state index contributed by atoms with van der Waals surface area (Å²) in [7, 11) is -3.84. The zero-order valence-corrected chi connectivity index (χ0v) is 19.0. The number of nitrogens with zero attached hydrogens (tertiary/aromatic N) is 2. The molecule has 1 heterocycles. The first-order chi connectivity index (χ1) is 14.5. The van der Waals surface area contributed by atoms with Gasteiger partial charge in [-0.25, -0.2) is 17.7 Å². The maximum absolute atomic E-state index is 13.6. The molecule has 30 heavy (non-hydrogen) atoms. The van der Waals surface area contributed by atoms with Crippen LogP contribution in [0, 0.1) is 6.92 Å². The quantitative estimate of drug-likeness (QED) is 0.351. The molecule has 0 bridgehead atoms. The van der Waals surface area contributed by atoms with Gasteiger partial charge in [-0.3, -0.25) is 0 Å². The summed E-state index contributed by atoms with van der Waals surface area (Å²) < 4.78 is 29.5. The average Bonchev–Trinajstić information content (AvgIpc) is 3.19. The molecule has 0 N–H and O–H groups in total. The minimum Gasteiger partial charge on any atom is -0.219 e. The number of para-hydroxylation sites is 1. The molecular formula is C23H20N2O2S3. The second kappa shape index (κ2) is 8.63. The summed E-state index contributed by atoms with van der Waals surface area (Å²) >= 11 is 2.86. The molecule has 0 fully saturated rings. The number of rotatable bonds is 6. The number of benzene rings is 3. The van der Waals surface area contributed by atoms with E-state index in [2.05, 4.69) is 4.98 Å². The van der Waals surface area contributed by atoms with Crippen molar-refractivity contribution in [3.8, 4) is 0 Å². The van der Waals surface area contributed by atoms with E-state index in [0.717, 1.165) is 26.2 Å². The first-order valence-corrected chi connectivity index (χ1v) is 12.7. The molecular weight excluding hydrogens is 432 g/mol. The number of thioether (sulfide) groups is 1. The van der Waals surface area contributed by atoms with E-state index in [9.17, 15) is 8.42 Å². The molecule has 0 saturated carbocycles. The Morgan fingerprint density at radius 3 is 2.30 bits per heavy atom. The molecule has 3 aromatic carbocycles. The van der Waals surface area contributed by atoms with Crippen LogP contribution in [0.1, 0.15) is 11.1 Å². The Kier molecular flexibility index (Phi) is 5.94. The van der Waals surface area contributed by atoms with Crippen LogP contribution in [0.2, 0.25) is 0 Å². The van der Waals surface area contributed by atoms with Gasteiger partial charge in [0.15, 0.2) is 0 Å². The molecule has 0 aliphatic carbocycles. The van der Waals surface area contributed by atoms with Crippen LogP contribution in [0.25, 0.3) is 15.1 Å². The Balaban J connectivity index is 1.90. The molecule has 4 nitrogen and oxygen atoms in total. The topological polar surface area (TPSA) is 50.3 Å². The molecule has 0 amide bonds. The highest BCUT2D eigenvalue weighted by Crippen LogP contribution is 2.35. The number of hydrogen-bond acceptors (Lipinski definition) is 5. The smallest absolute Gasteiger partial charge is 0.219 e. The van der Waals surface area contributed by atoms with E-state index in [4.69, 9.17) is 0 Å². The van der Waals surface area contributed by atoms with Crippen LogP contribution in [0.5, 0.6) is 0 Å². The number of thiazole rings is 1. The predicted octanol–water partition coefficient (Wildman–Crippen LogP) is 6.16. The number of aromatic nitrogens is 1. The van der Waals surface area contributed by atoms with Gasteiger partial charge in [0.2, 0.25) is 5.13 Å². The third-order valence-corrected chi connectivity index (χ3v) is 8.16. The minimum atomic E-state index is -3.84. The van der Waals surface area contributed by atoms with E-state index < -0.39 is 10.0 Å². The fraction of sp³-hybridized carbons (Fsp3) is 0.0870. The lowest BCUT2D eigenvalue weighted by atomic mass is 10.2. The normalized spacial score (nSPS) is 12.3. The van der Waals surface area contributed by atoms with Crippen molar-refractivity contribution in [2.45, 2.75) is 11.8 Å². The van der Waals surface area contributed by atoms with E-state index in [1.54, 1.807) is 30.5 Å². The highest BCUT2D eigenvalue weighted by atomic mass is 32.2. The first kappa shape index (κ1) is 20.7. The van der Waals surface area contributed by atoms with Crippen molar-refractivity contribution >= 4 is 53.4 Å². The Hall–Kier alpha value is -2.61. The summed E-state index contributed by atoms with van der Waals surface area (Å²) in [5.74, 6) is 0. The minimum absolute atomic E-state index is 0.233. The van der Waals surface area contributed by atoms with E-state index in [0.29, 0.717) is 5.13 Å². The third kappa shape index (κ3) is 4.14. The van der Waals surface area contributed by atoms with Gasteiger partial charge in [0.05, 0.1) is 15.1 Å². The van der Waals surface area contributed by atoms with Crippen LogP contribution >= 0.6 is 23.1 Å². The van der Waals surface area contributed by atoms with Crippen molar-refractivity contribution in [3.63, 3.8) is 0 Å². The Labute approximate surface area is 185 Å². The number of anilines is 1. The van der Waals surface area contributed by atoms with Crippen molar-refractivity contribution in [1.29, 1.82) is 0 Å². The molecule has 0 aliphatic rings. The lowest BCUT2D eigenvalue weighted by Gasteiger charge is -2.19. The van der Waals surface area contributed by atoms with Crippen molar-refractivity contribution in [2.24, 2.45) is 0 Å². The molecule has 152 valence electrons. The fourth-order valence-electron chi connectivity index (χ4n) is 2.96. The average molecular weight is 453 g/mol. The molecule has 4 rings (SSSR count).